The number of halogens is 2. The molecule has 28 heavy (non-hydrogen) atoms. The number of hydrogen-bond donors (Lipinski definition) is 2. The molecule has 0 heterocycles. The van der Waals surface area contributed by atoms with E-state index in [-0.39, 0.29) is 17.9 Å². The molecular weight excluding hydrogens is 362 g/mol. The zero-order valence-electron chi connectivity index (χ0n) is 15.9. The number of nitrogens with one attached hydrogen (secondary N) is 1. The van der Waals surface area contributed by atoms with Crippen LogP contribution < -0.4 is 11.1 Å². The maximum Gasteiger partial charge on any atom is 0.318 e. The van der Waals surface area contributed by atoms with E-state index in [1.807, 2.05) is 49.5 Å². The minimum absolute atomic E-state index is 0.0732. The van der Waals surface area contributed by atoms with Crippen molar-refractivity contribution < 1.29 is 18.4 Å². The Labute approximate surface area is 163 Å². The first-order valence-electron chi connectivity index (χ1n) is 9.03. The number of allylic oxidation sites excluding steroid dienone is 2. The largest absolute Gasteiger partial charge is 0.351 e. The quantitative estimate of drug-likeness (QED) is 0.713. The van der Waals surface area contributed by atoms with Crippen molar-refractivity contribution in [2.45, 2.75) is 26.7 Å². The first kappa shape index (κ1) is 21.3. The molecule has 2 aromatic carbocycles. The smallest absolute Gasteiger partial charge is 0.318 e. The van der Waals surface area contributed by atoms with E-state index in [0.717, 1.165) is 11.1 Å². The van der Waals surface area contributed by atoms with Crippen molar-refractivity contribution in [3.63, 3.8) is 0 Å². The molecule has 148 valence electrons. The number of primary amides is 1. The van der Waals surface area contributed by atoms with Crippen molar-refractivity contribution in [1.29, 1.82) is 0 Å². The van der Waals surface area contributed by atoms with E-state index >= 15 is 0 Å². The van der Waals surface area contributed by atoms with Gasteiger partial charge in [0, 0.05) is 12.0 Å². The van der Waals surface area contributed by atoms with Gasteiger partial charge in [0.2, 0.25) is 5.91 Å². The Balaban J connectivity index is 2.29. The summed E-state index contributed by atoms with van der Waals surface area (Å²) >= 11 is 0. The van der Waals surface area contributed by atoms with Gasteiger partial charge in [0.15, 0.2) is 0 Å². The van der Waals surface area contributed by atoms with Crippen LogP contribution in [0, 0.1) is 11.8 Å². The van der Waals surface area contributed by atoms with Gasteiger partial charge in [-0.2, -0.15) is 0 Å². The lowest BCUT2D eigenvalue weighted by Crippen LogP contribution is -2.36. The Morgan fingerprint density at radius 3 is 2.07 bits per heavy atom. The minimum Gasteiger partial charge on any atom is -0.351 e. The topological polar surface area (TPSA) is 72.2 Å². The highest BCUT2D eigenvalue weighted by Gasteiger charge is 2.21. The molecule has 2 rings (SSSR count). The van der Waals surface area contributed by atoms with Crippen molar-refractivity contribution in [3.05, 3.63) is 66.2 Å². The first-order chi connectivity index (χ1) is 13.3. The van der Waals surface area contributed by atoms with E-state index < -0.39 is 24.3 Å². The number of hydrogen-bond acceptors (Lipinski definition) is 2. The van der Waals surface area contributed by atoms with Crippen LogP contribution in [0.25, 0.3) is 16.7 Å². The molecule has 0 bridgehead atoms. The summed E-state index contributed by atoms with van der Waals surface area (Å²) in [5, 5.41) is 1.98. The fraction of sp³-hybridized carbons (Fsp3) is 0.273. The molecule has 0 aromatic heterocycles. The molecule has 3 amide bonds. The van der Waals surface area contributed by atoms with Crippen LogP contribution in [0.4, 0.5) is 13.6 Å². The highest BCUT2D eigenvalue weighted by atomic mass is 19.3. The highest BCUT2D eigenvalue weighted by molar-refractivity contribution is 5.93. The third-order valence-corrected chi connectivity index (χ3v) is 4.49. The molecule has 0 aliphatic heterocycles. The molecule has 0 unspecified atom stereocenters. The van der Waals surface area contributed by atoms with Gasteiger partial charge in [0.05, 0.1) is 0 Å². The van der Waals surface area contributed by atoms with Crippen LogP contribution in [0.2, 0.25) is 0 Å². The normalized spacial score (nSPS) is 12.9. The number of urea groups is 1. The third-order valence-electron chi connectivity index (χ3n) is 4.49. The Kier molecular flexibility index (Phi) is 7.44. The molecule has 0 aliphatic rings. The second-order valence-electron chi connectivity index (χ2n) is 6.89. The molecule has 0 radical (unpaired) electrons. The monoisotopic (exact) mass is 386 g/mol. The van der Waals surface area contributed by atoms with Gasteiger partial charge in [-0.1, -0.05) is 74.5 Å². The zero-order chi connectivity index (χ0) is 20.7. The van der Waals surface area contributed by atoms with Gasteiger partial charge in [-0.05, 0) is 28.5 Å². The van der Waals surface area contributed by atoms with Gasteiger partial charge < -0.3 is 5.73 Å². The van der Waals surface area contributed by atoms with Crippen molar-refractivity contribution in [3.8, 4) is 11.1 Å². The van der Waals surface area contributed by atoms with E-state index in [1.165, 1.54) is 6.08 Å². The second-order valence-corrected chi connectivity index (χ2v) is 6.89. The summed E-state index contributed by atoms with van der Waals surface area (Å²) in [7, 11) is 0. The van der Waals surface area contributed by atoms with Crippen molar-refractivity contribution in [1.82, 2.24) is 5.32 Å². The average molecular weight is 386 g/mol. The number of imide groups is 1. The summed E-state index contributed by atoms with van der Waals surface area (Å²) in [6, 6.07) is 15.6. The Hall–Kier alpha value is -3.02. The molecular formula is C22H24F2N2O2. The van der Waals surface area contributed by atoms with E-state index in [9.17, 15) is 18.4 Å². The average Bonchev–Trinajstić information content (AvgIpc) is 2.65. The van der Waals surface area contributed by atoms with Gasteiger partial charge in [-0.3, -0.25) is 10.1 Å². The number of nitrogens with two attached hydrogens (primary N) is 1. The third kappa shape index (κ3) is 6.01. The van der Waals surface area contributed by atoms with Crippen molar-refractivity contribution in [2.75, 3.05) is 0 Å². The van der Waals surface area contributed by atoms with E-state index in [1.54, 1.807) is 24.3 Å². The van der Waals surface area contributed by atoms with Gasteiger partial charge in [0.25, 0.3) is 6.43 Å². The maximum absolute atomic E-state index is 13.7. The molecule has 0 saturated heterocycles. The highest BCUT2D eigenvalue weighted by Crippen LogP contribution is 2.29. The van der Waals surface area contributed by atoms with Gasteiger partial charge >= 0.3 is 6.03 Å². The van der Waals surface area contributed by atoms with Crippen LogP contribution in [0.3, 0.4) is 0 Å². The second kappa shape index (κ2) is 9.78. The predicted molar refractivity (Wildman–Crippen MR) is 107 cm³/mol. The summed E-state index contributed by atoms with van der Waals surface area (Å²) in [5.74, 6) is -1.12. The molecule has 2 aromatic rings. The van der Waals surface area contributed by atoms with Crippen LogP contribution in [-0.4, -0.2) is 18.4 Å². The standard InChI is InChI=1S/C22H24F2N2O2/c1-14(2)18(13-20(27)26-22(25)28)12-19(21(23)24)17-10-8-16(9-11-17)15-6-4-3-5-7-15/h3-12,14,18,21H,13H2,1-2H3,(H3,25,26,27,28)/b19-12+/t18-/m1/s1. The number of alkyl halides is 2. The summed E-state index contributed by atoms with van der Waals surface area (Å²) in [6.07, 6.45) is -1.37. The summed E-state index contributed by atoms with van der Waals surface area (Å²) in [4.78, 5) is 22.6. The molecule has 4 nitrogen and oxygen atoms in total. The van der Waals surface area contributed by atoms with Crippen LogP contribution in [0.5, 0.6) is 0 Å². The molecule has 6 heteroatoms. The van der Waals surface area contributed by atoms with Gasteiger partial charge in [0.1, 0.15) is 0 Å². The Morgan fingerprint density at radius 2 is 1.57 bits per heavy atom. The molecule has 0 spiro atoms. The van der Waals surface area contributed by atoms with Crippen molar-refractivity contribution in [2.24, 2.45) is 17.6 Å². The lowest BCUT2D eigenvalue weighted by atomic mass is 9.88. The lowest BCUT2D eigenvalue weighted by Gasteiger charge is -2.19. The first-order valence-corrected chi connectivity index (χ1v) is 9.03. The van der Waals surface area contributed by atoms with Crippen molar-refractivity contribution >= 4 is 17.5 Å². The van der Waals surface area contributed by atoms with E-state index in [2.05, 4.69) is 0 Å². The Bertz CT molecular complexity index is 831. The Morgan fingerprint density at radius 1 is 1.00 bits per heavy atom. The number of rotatable bonds is 7. The van der Waals surface area contributed by atoms with Gasteiger partial charge in [-0.15, -0.1) is 0 Å². The maximum atomic E-state index is 13.7. The lowest BCUT2D eigenvalue weighted by molar-refractivity contribution is -0.120. The fourth-order valence-electron chi connectivity index (χ4n) is 2.90. The molecule has 0 saturated carbocycles. The van der Waals surface area contributed by atoms with E-state index in [0.29, 0.717) is 5.56 Å². The summed E-state index contributed by atoms with van der Waals surface area (Å²) in [5.41, 5.74) is 7.14. The van der Waals surface area contributed by atoms with Crippen LogP contribution in [0.15, 0.2) is 60.7 Å². The van der Waals surface area contributed by atoms with Crippen LogP contribution in [0.1, 0.15) is 25.8 Å². The van der Waals surface area contributed by atoms with Crippen LogP contribution >= 0.6 is 0 Å². The zero-order valence-corrected chi connectivity index (χ0v) is 15.9. The summed E-state index contributed by atoms with van der Waals surface area (Å²) < 4.78 is 27.5. The molecule has 0 fully saturated rings. The number of carbonyl (C=O) groups is 2. The van der Waals surface area contributed by atoms with Gasteiger partial charge in [-0.25, -0.2) is 13.6 Å². The number of carbonyl (C=O) groups excluding carboxylic acids is 2. The molecule has 0 aliphatic carbocycles. The minimum atomic E-state index is -2.69. The number of amides is 3. The molecule has 3 N–H and O–H groups in total. The SMILES string of the molecule is CC(C)[C@H](/C=C(\c1ccc(-c2ccccc2)cc1)C(F)F)CC(=O)NC(N)=O. The predicted octanol–water partition coefficient (Wildman–Crippen LogP) is 4.86. The summed E-state index contributed by atoms with van der Waals surface area (Å²) in [6.45, 7) is 3.67. The van der Waals surface area contributed by atoms with Crippen LogP contribution in [-0.2, 0) is 4.79 Å². The van der Waals surface area contributed by atoms with E-state index in [4.69, 9.17) is 5.73 Å². The molecule has 1 atom stereocenters. The number of benzene rings is 2. The fourth-order valence-corrected chi connectivity index (χ4v) is 2.90.